The molecule has 0 aromatic heterocycles. The van der Waals surface area contributed by atoms with E-state index in [2.05, 4.69) is 15.9 Å². The fourth-order valence-electron chi connectivity index (χ4n) is 1.77. The van der Waals surface area contributed by atoms with Crippen LogP contribution in [0.3, 0.4) is 0 Å². The number of nitrogens with zero attached hydrogens (tertiary/aromatic N) is 1. The zero-order valence-electron chi connectivity index (χ0n) is 13.9. The van der Waals surface area contributed by atoms with Crippen LogP contribution in [0, 0.1) is 0 Å². The SMILES string of the molecule is CN(C(=O)OC(C)(C)C)c1ccc(OCCCCCBr)cc1. The first-order valence-electron chi connectivity index (χ1n) is 7.59. The predicted molar refractivity (Wildman–Crippen MR) is 94.2 cm³/mol. The fourth-order valence-corrected chi connectivity index (χ4v) is 2.16. The van der Waals surface area contributed by atoms with Crippen LogP contribution in [0.2, 0.25) is 0 Å². The third kappa shape index (κ3) is 7.16. The second kappa shape index (κ2) is 9.03. The summed E-state index contributed by atoms with van der Waals surface area (Å²) in [6.07, 6.45) is 3.01. The second-order valence-corrected chi connectivity index (χ2v) is 6.92. The summed E-state index contributed by atoms with van der Waals surface area (Å²) in [6.45, 7) is 6.27. The number of alkyl halides is 1. The van der Waals surface area contributed by atoms with Gasteiger partial charge in [-0.1, -0.05) is 15.9 Å². The van der Waals surface area contributed by atoms with Gasteiger partial charge in [-0.2, -0.15) is 0 Å². The Hall–Kier alpha value is -1.23. The molecule has 0 aliphatic heterocycles. The third-order valence-electron chi connectivity index (χ3n) is 2.94. The predicted octanol–water partition coefficient (Wildman–Crippen LogP) is 5.00. The minimum absolute atomic E-state index is 0.365. The van der Waals surface area contributed by atoms with Gasteiger partial charge in [-0.05, 0) is 64.3 Å². The van der Waals surface area contributed by atoms with Crippen LogP contribution in [0.5, 0.6) is 5.75 Å². The van der Waals surface area contributed by atoms with Crippen molar-refractivity contribution in [2.24, 2.45) is 0 Å². The fraction of sp³-hybridized carbons (Fsp3) is 0.588. The van der Waals surface area contributed by atoms with Crippen molar-refractivity contribution in [1.82, 2.24) is 0 Å². The number of rotatable bonds is 7. The summed E-state index contributed by atoms with van der Waals surface area (Å²) >= 11 is 3.41. The van der Waals surface area contributed by atoms with Crippen LogP contribution in [0.15, 0.2) is 24.3 Å². The molecule has 0 heterocycles. The third-order valence-corrected chi connectivity index (χ3v) is 3.50. The van der Waals surface area contributed by atoms with Crippen molar-refractivity contribution in [2.45, 2.75) is 45.6 Å². The Bertz CT molecular complexity index is 454. The number of ether oxygens (including phenoxy) is 2. The highest BCUT2D eigenvalue weighted by Gasteiger charge is 2.20. The molecule has 0 radical (unpaired) electrons. The first kappa shape index (κ1) is 18.8. The van der Waals surface area contributed by atoms with E-state index >= 15 is 0 Å². The van der Waals surface area contributed by atoms with Gasteiger partial charge < -0.3 is 9.47 Å². The number of unbranched alkanes of at least 4 members (excludes halogenated alkanes) is 2. The molecule has 0 saturated heterocycles. The van der Waals surface area contributed by atoms with E-state index in [-0.39, 0.29) is 6.09 Å². The lowest BCUT2D eigenvalue weighted by atomic mass is 10.2. The maximum absolute atomic E-state index is 12.0. The van der Waals surface area contributed by atoms with Crippen LogP contribution >= 0.6 is 15.9 Å². The summed E-state index contributed by atoms with van der Waals surface area (Å²) in [4.78, 5) is 13.5. The molecule has 5 heteroatoms. The van der Waals surface area contributed by atoms with Gasteiger partial charge in [0.25, 0.3) is 0 Å². The lowest BCUT2D eigenvalue weighted by Gasteiger charge is -2.24. The molecule has 1 rings (SSSR count). The van der Waals surface area contributed by atoms with Gasteiger partial charge in [-0.3, -0.25) is 4.90 Å². The van der Waals surface area contributed by atoms with Crippen LogP contribution in [-0.2, 0) is 4.74 Å². The van der Waals surface area contributed by atoms with Crippen LogP contribution in [0.4, 0.5) is 10.5 Å². The normalized spacial score (nSPS) is 11.1. The molecule has 0 N–H and O–H groups in total. The number of amides is 1. The molecule has 124 valence electrons. The van der Waals surface area contributed by atoms with Gasteiger partial charge in [0.15, 0.2) is 0 Å². The number of carbonyl (C=O) groups excluding carboxylic acids is 1. The Kier molecular flexibility index (Phi) is 7.73. The number of anilines is 1. The number of carbonyl (C=O) groups is 1. The topological polar surface area (TPSA) is 38.8 Å². The lowest BCUT2D eigenvalue weighted by molar-refractivity contribution is 0.0589. The summed E-state index contributed by atoms with van der Waals surface area (Å²) in [5, 5.41) is 1.04. The van der Waals surface area contributed by atoms with Gasteiger partial charge in [0.2, 0.25) is 0 Å². The van der Waals surface area contributed by atoms with E-state index < -0.39 is 5.60 Å². The van der Waals surface area contributed by atoms with E-state index in [1.165, 1.54) is 11.3 Å². The first-order valence-corrected chi connectivity index (χ1v) is 8.71. The second-order valence-electron chi connectivity index (χ2n) is 6.13. The lowest BCUT2D eigenvalue weighted by Crippen LogP contribution is -2.34. The van der Waals surface area contributed by atoms with E-state index in [9.17, 15) is 4.79 Å². The van der Waals surface area contributed by atoms with Crippen molar-refractivity contribution < 1.29 is 14.3 Å². The van der Waals surface area contributed by atoms with Gasteiger partial charge in [-0.25, -0.2) is 4.79 Å². The smallest absolute Gasteiger partial charge is 0.414 e. The molecule has 0 atom stereocenters. The molecule has 1 amide bonds. The van der Waals surface area contributed by atoms with Crippen molar-refractivity contribution in [3.63, 3.8) is 0 Å². The molecule has 0 aliphatic rings. The average molecular weight is 372 g/mol. The molecule has 0 unspecified atom stereocenters. The van der Waals surface area contributed by atoms with Crippen molar-refractivity contribution in [3.05, 3.63) is 24.3 Å². The van der Waals surface area contributed by atoms with Crippen LogP contribution in [-0.4, -0.2) is 30.7 Å². The molecule has 0 saturated carbocycles. The standard InChI is InChI=1S/C17H26BrNO3/c1-17(2,3)22-16(20)19(4)14-8-10-15(11-9-14)21-13-7-5-6-12-18/h8-11H,5-7,12-13H2,1-4H3. The Labute approximate surface area is 141 Å². The van der Waals surface area contributed by atoms with E-state index in [1.54, 1.807) is 7.05 Å². The number of hydrogen-bond donors (Lipinski definition) is 0. The van der Waals surface area contributed by atoms with Crippen molar-refractivity contribution >= 4 is 27.7 Å². The van der Waals surface area contributed by atoms with Gasteiger partial charge in [-0.15, -0.1) is 0 Å². The van der Waals surface area contributed by atoms with E-state index in [4.69, 9.17) is 9.47 Å². The van der Waals surface area contributed by atoms with Gasteiger partial charge in [0.1, 0.15) is 11.4 Å². The summed E-state index contributed by atoms with van der Waals surface area (Å²) in [5.74, 6) is 0.820. The maximum atomic E-state index is 12.0. The zero-order chi connectivity index (χ0) is 16.6. The maximum Gasteiger partial charge on any atom is 0.414 e. The molecule has 4 nitrogen and oxygen atoms in total. The molecule has 1 aromatic carbocycles. The number of hydrogen-bond acceptors (Lipinski definition) is 3. The average Bonchev–Trinajstić information content (AvgIpc) is 2.45. The number of halogens is 1. The first-order chi connectivity index (χ1) is 10.3. The van der Waals surface area contributed by atoms with Gasteiger partial charge in [0.05, 0.1) is 6.61 Å². The molecule has 0 fully saturated rings. The van der Waals surface area contributed by atoms with E-state index in [0.717, 1.165) is 29.6 Å². The van der Waals surface area contributed by atoms with Crippen molar-refractivity contribution in [1.29, 1.82) is 0 Å². The molecule has 22 heavy (non-hydrogen) atoms. The van der Waals surface area contributed by atoms with E-state index in [1.807, 2.05) is 45.0 Å². The Balaban J connectivity index is 2.48. The highest BCUT2D eigenvalue weighted by atomic mass is 79.9. The monoisotopic (exact) mass is 371 g/mol. The Morgan fingerprint density at radius 3 is 2.32 bits per heavy atom. The molecule has 1 aromatic rings. The minimum atomic E-state index is -0.497. The van der Waals surface area contributed by atoms with Crippen LogP contribution < -0.4 is 9.64 Å². The van der Waals surface area contributed by atoms with Gasteiger partial charge >= 0.3 is 6.09 Å². The zero-order valence-corrected chi connectivity index (χ0v) is 15.5. The molecular weight excluding hydrogens is 346 g/mol. The minimum Gasteiger partial charge on any atom is -0.494 e. The van der Waals surface area contributed by atoms with Crippen molar-refractivity contribution in [2.75, 3.05) is 23.9 Å². The number of benzene rings is 1. The largest absolute Gasteiger partial charge is 0.494 e. The Morgan fingerprint density at radius 2 is 1.77 bits per heavy atom. The van der Waals surface area contributed by atoms with Crippen molar-refractivity contribution in [3.8, 4) is 5.75 Å². The van der Waals surface area contributed by atoms with Crippen LogP contribution in [0.25, 0.3) is 0 Å². The summed E-state index contributed by atoms with van der Waals surface area (Å²) < 4.78 is 11.0. The van der Waals surface area contributed by atoms with Crippen LogP contribution in [0.1, 0.15) is 40.0 Å². The Morgan fingerprint density at radius 1 is 1.14 bits per heavy atom. The molecule has 0 spiro atoms. The summed E-state index contributed by atoms with van der Waals surface area (Å²) in [7, 11) is 1.70. The molecular formula is C17H26BrNO3. The summed E-state index contributed by atoms with van der Waals surface area (Å²) in [5.41, 5.74) is 0.282. The van der Waals surface area contributed by atoms with Gasteiger partial charge in [0, 0.05) is 18.1 Å². The molecule has 0 aliphatic carbocycles. The molecule has 0 bridgehead atoms. The highest BCUT2D eigenvalue weighted by Crippen LogP contribution is 2.20. The van der Waals surface area contributed by atoms with E-state index in [0.29, 0.717) is 6.61 Å². The summed E-state index contributed by atoms with van der Waals surface area (Å²) in [6, 6.07) is 7.47. The quantitative estimate of drug-likeness (QED) is 0.499. The highest BCUT2D eigenvalue weighted by molar-refractivity contribution is 9.09.